The first-order valence-electron chi connectivity index (χ1n) is 12.5. The van der Waals surface area contributed by atoms with Crippen LogP contribution in [0.4, 0.5) is 11.9 Å². The molecule has 0 aliphatic carbocycles. The van der Waals surface area contributed by atoms with Gasteiger partial charge in [0.2, 0.25) is 18.2 Å². The molecule has 0 bridgehead atoms. The van der Waals surface area contributed by atoms with Crippen molar-refractivity contribution in [2.45, 2.75) is 40.8 Å². The lowest BCUT2D eigenvalue weighted by molar-refractivity contribution is -0.672. The van der Waals surface area contributed by atoms with E-state index in [4.69, 9.17) is 21.5 Å². The molecule has 0 saturated heterocycles. The molecule has 0 spiro atoms. The van der Waals surface area contributed by atoms with Crippen molar-refractivity contribution < 1.29 is 9.30 Å². The Hall–Kier alpha value is -5.39. The van der Waals surface area contributed by atoms with Crippen LogP contribution in [0.1, 0.15) is 33.3 Å². The molecule has 210 valence electrons. The fourth-order valence-corrected chi connectivity index (χ4v) is 3.75. The number of nitrogens with zero attached hydrogens (tertiary/aromatic N) is 5. The second-order valence-electron chi connectivity index (χ2n) is 8.68. The number of fused-ring (bicyclic) bond motifs is 2. The topological polar surface area (TPSA) is 234 Å². The molecule has 4 aromatic heterocycles. The SMILES string of the molecule is CC.CC(C)Cn1c(=O)[nH]c2nc(N)[nH]c(=O)c21.N#Cc1ccc(OCC[n+]2c[nH]c3nc(N)[nH]c(=O)c32)cc1. The Morgan fingerprint density at radius 3 is 2.25 bits per heavy atom. The highest BCUT2D eigenvalue weighted by molar-refractivity contribution is 5.70. The average molecular weight is 551 g/mol. The minimum absolute atomic E-state index is 0.00422. The van der Waals surface area contributed by atoms with Gasteiger partial charge in [-0.25, -0.2) is 14.3 Å². The van der Waals surface area contributed by atoms with Crippen LogP contribution in [0.15, 0.2) is 45.0 Å². The number of nitriles is 1. The van der Waals surface area contributed by atoms with Gasteiger partial charge in [0.05, 0.1) is 11.6 Å². The molecule has 15 nitrogen and oxygen atoms in total. The van der Waals surface area contributed by atoms with Crippen molar-refractivity contribution >= 4 is 34.2 Å². The quantitative estimate of drug-likeness (QED) is 0.163. The number of hydrogen-bond acceptors (Lipinski definition) is 9. The van der Waals surface area contributed by atoms with Gasteiger partial charge in [-0.1, -0.05) is 27.7 Å². The predicted octanol–water partition coefficient (Wildman–Crippen LogP) is 0.749. The number of nitrogen functional groups attached to an aromatic ring is 2. The highest BCUT2D eigenvalue weighted by atomic mass is 16.5. The van der Waals surface area contributed by atoms with Crippen molar-refractivity contribution in [1.29, 1.82) is 5.26 Å². The molecule has 0 atom stereocenters. The molecule has 40 heavy (non-hydrogen) atoms. The van der Waals surface area contributed by atoms with Gasteiger partial charge in [-0.3, -0.25) is 29.1 Å². The van der Waals surface area contributed by atoms with E-state index in [0.29, 0.717) is 42.2 Å². The molecule has 0 fully saturated rings. The van der Waals surface area contributed by atoms with E-state index in [-0.39, 0.29) is 40.2 Å². The zero-order chi connectivity index (χ0) is 29.4. The molecule has 15 heteroatoms. The van der Waals surface area contributed by atoms with Crippen LogP contribution in [0.2, 0.25) is 0 Å². The third kappa shape index (κ3) is 6.72. The van der Waals surface area contributed by atoms with Gasteiger partial charge < -0.3 is 16.2 Å². The Morgan fingerprint density at radius 1 is 1.00 bits per heavy atom. The first kappa shape index (κ1) is 29.2. The average Bonchev–Trinajstić information content (AvgIpc) is 3.46. The predicted molar refractivity (Wildman–Crippen MR) is 150 cm³/mol. The number of nitrogens with one attached hydrogen (secondary N) is 4. The maximum atomic E-state index is 11.9. The lowest BCUT2D eigenvalue weighted by atomic mass is 10.2. The molecule has 5 aromatic rings. The number of nitrogens with two attached hydrogens (primary N) is 2. The second-order valence-corrected chi connectivity index (χ2v) is 8.68. The summed E-state index contributed by atoms with van der Waals surface area (Å²) in [6.45, 7) is 9.23. The van der Waals surface area contributed by atoms with Crippen LogP contribution in [0.5, 0.6) is 5.75 Å². The maximum Gasteiger partial charge on any atom is 0.327 e. The first-order chi connectivity index (χ1) is 19.2. The molecule has 0 saturated carbocycles. The largest absolute Gasteiger partial charge is 0.489 e. The fraction of sp³-hybridized carbons (Fsp3) is 0.320. The smallest absolute Gasteiger partial charge is 0.327 e. The van der Waals surface area contributed by atoms with E-state index in [9.17, 15) is 14.4 Å². The van der Waals surface area contributed by atoms with Crippen molar-refractivity contribution in [1.82, 2.24) is 34.5 Å². The number of benzene rings is 1. The molecule has 8 N–H and O–H groups in total. The van der Waals surface area contributed by atoms with Gasteiger partial charge in [0.1, 0.15) is 18.9 Å². The summed E-state index contributed by atoms with van der Waals surface area (Å²) in [5.41, 5.74) is 11.7. The van der Waals surface area contributed by atoms with E-state index in [1.54, 1.807) is 35.2 Å². The van der Waals surface area contributed by atoms with Gasteiger partial charge in [0.15, 0.2) is 11.2 Å². The molecule has 0 radical (unpaired) electrons. The van der Waals surface area contributed by atoms with Crippen LogP contribution in [0, 0.1) is 17.2 Å². The molecule has 0 unspecified atom stereocenters. The lowest BCUT2D eigenvalue weighted by Gasteiger charge is -2.04. The summed E-state index contributed by atoms with van der Waals surface area (Å²) in [5, 5.41) is 8.73. The second kappa shape index (κ2) is 12.9. The summed E-state index contributed by atoms with van der Waals surface area (Å²) in [4.78, 5) is 53.3. The maximum absolute atomic E-state index is 11.9. The number of aromatic amines is 4. The summed E-state index contributed by atoms with van der Waals surface area (Å²) in [6, 6.07) is 8.88. The van der Waals surface area contributed by atoms with Crippen LogP contribution >= 0.6 is 0 Å². The van der Waals surface area contributed by atoms with Crippen LogP contribution in [-0.2, 0) is 13.1 Å². The third-order valence-electron chi connectivity index (χ3n) is 5.34. The van der Waals surface area contributed by atoms with Crippen LogP contribution in [0.25, 0.3) is 22.3 Å². The Morgan fingerprint density at radius 2 is 1.62 bits per heavy atom. The minimum atomic E-state index is -0.401. The molecule has 0 amide bonds. The van der Waals surface area contributed by atoms with Crippen LogP contribution in [0.3, 0.4) is 0 Å². The van der Waals surface area contributed by atoms with Gasteiger partial charge in [-0.15, -0.1) is 0 Å². The molecular weight excluding hydrogens is 518 g/mol. The fourth-order valence-electron chi connectivity index (χ4n) is 3.75. The molecule has 0 aliphatic rings. The number of hydrogen-bond donors (Lipinski definition) is 6. The van der Waals surface area contributed by atoms with E-state index in [1.165, 1.54) is 4.57 Å². The number of ether oxygens (including phenoxy) is 1. The normalized spacial score (nSPS) is 10.5. The zero-order valence-corrected chi connectivity index (χ0v) is 22.6. The van der Waals surface area contributed by atoms with Gasteiger partial charge in [0, 0.05) is 6.54 Å². The van der Waals surface area contributed by atoms with E-state index in [2.05, 4.69) is 29.9 Å². The van der Waals surface area contributed by atoms with Crippen molar-refractivity contribution in [3.63, 3.8) is 0 Å². The summed E-state index contributed by atoms with van der Waals surface area (Å²) in [7, 11) is 0. The number of anilines is 2. The van der Waals surface area contributed by atoms with Crippen LogP contribution < -0.4 is 37.6 Å². The number of imidazole rings is 2. The number of aromatic nitrogens is 8. The number of H-pyrrole nitrogens is 4. The van der Waals surface area contributed by atoms with Gasteiger partial charge in [0.25, 0.3) is 16.7 Å². The van der Waals surface area contributed by atoms with Crippen molar-refractivity contribution in [2.24, 2.45) is 5.92 Å². The summed E-state index contributed by atoms with van der Waals surface area (Å²) in [6.07, 6.45) is 1.65. The van der Waals surface area contributed by atoms with Crippen LogP contribution in [-0.4, -0.2) is 41.1 Å². The zero-order valence-electron chi connectivity index (χ0n) is 22.6. The van der Waals surface area contributed by atoms with E-state index >= 15 is 0 Å². The van der Waals surface area contributed by atoms with E-state index in [1.807, 2.05) is 33.8 Å². The number of rotatable bonds is 6. The molecule has 4 heterocycles. The van der Waals surface area contributed by atoms with Gasteiger partial charge >= 0.3 is 11.2 Å². The highest BCUT2D eigenvalue weighted by Crippen LogP contribution is 2.11. The van der Waals surface area contributed by atoms with Crippen molar-refractivity contribution in [3.8, 4) is 11.8 Å². The Labute approximate surface area is 227 Å². The summed E-state index contributed by atoms with van der Waals surface area (Å²) >= 11 is 0. The van der Waals surface area contributed by atoms with Crippen molar-refractivity contribution in [2.75, 3.05) is 18.1 Å². The Kier molecular flexibility index (Phi) is 9.42. The highest BCUT2D eigenvalue weighted by Gasteiger charge is 2.16. The van der Waals surface area contributed by atoms with E-state index < -0.39 is 5.56 Å². The molecule has 5 rings (SSSR count). The monoisotopic (exact) mass is 550 g/mol. The Balaban J connectivity index is 0.000000217. The third-order valence-corrected chi connectivity index (χ3v) is 5.34. The lowest BCUT2D eigenvalue weighted by Crippen LogP contribution is -2.38. The molecule has 0 aliphatic heterocycles. The van der Waals surface area contributed by atoms with Gasteiger partial charge in [-0.05, 0) is 30.2 Å². The molecule has 1 aromatic carbocycles. The minimum Gasteiger partial charge on any atom is -0.489 e. The van der Waals surface area contributed by atoms with Crippen molar-refractivity contribution in [3.05, 3.63) is 67.3 Å². The van der Waals surface area contributed by atoms with Gasteiger partial charge in [-0.2, -0.15) is 15.2 Å². The summed E-state index contributed by atoms with van der Waals surface area (Å²) in [5.74, 6) is 0.986. The first-order valence-corrected chi connectivity index (χ1v) is 12.5. The Bertz CT molecular complexity index is 1800. The van der Waals surface area contributed by atoms with E-state index in [0.717, 1.165) is 0 Å². The standard InChI is InChI=1S/C14H12N6O2.C9H13N5O2.C2H6/c15-7-9-1-3-10(4-2-9)22-6-5-20-8-17-12-11(20)13(21)19-14(16)18-12;1-4(2)3-14-5-6(12-9(14)16)11-8(10)13-7(5)15;1-2/h1-4,8H,5-6H2,(H3,16,18,19,21);4H,3H2,1-2H3,(H4,10,11,12,13,15,16);1-2H3/p+1. The molecular formula is C25H32N11O4+. The summed E-state index contributed by atoms with van der Waals surface area (Å²) < 4.78 is 8.68.